The number of alkyl halides is 3. The summed E-state index contributed by atoms with van der Waals surface area (Å²) in [5.74, 6) is -0.461. The van der Waals surface area contributed by atoms with Crippen molar-refractivity contribution in [3.05, 3.63) is 47.5 Å². The van der Waals surface area contributed by atoms with Crippen LogP contribution in [0.3, 0.4) is 0 Å². The normalized spacial score (nSPS) is 10.8. The maximum atomic E-state index is 12.5. The average molecular weight is 368 g/mol. The fourth-order valence-corrected chi connectivity index (χ4v) is 2.11. The SMILES string of the molecule is Cl.NCCOc1ccc(-c2ccccc2Cl)cc1OC(F)(F)F. The van der Waals surface area contributed by atoms with Crippen LogP contribution in [0.2, 0.25) is 5.02 Å². The molecule has 0 amide bonds. The second-order valence-electron chi connectivity index (χ2n) is 4.33. The van der Waals surface area contributed by atoms with Crippen molar-refractivity contribution < 1.29 is 22.6 Å². The molecule has 0 saturated carbocycles. The number of hydrogen-bond donors (Lipinski definition) is 1. The highest BCUT2D eigenvalue weighted by Gasteiger charge is 2.32. The lowest BCUT2D eigenvalue weighted by atomic mass is 10.1. The molecule has 0 radical (unpaired) electrons. The lowest BCUT2D eigenvalue weighted by molar-refractivity contribution is -0.275. The van der Waals surface area contributed by atoms with Crippen molar-refractivity contribution in [1.82, 2.24) is 0 Å². The molecule has 2 rings (SSSR count). The molecule has 0 aliphatic heterocycles. The van der Waals surface area contributed by atoms with Crippen LogP contribution < -0.4 is 15.2 Å². The van der Waals surface area contributed by atoms with E-state index in [1.165, 1.54) is 12.1 Å². The van der Waals surface area contributed by atoms with Gasteiger partial charge in [-0.3, -0.25) is 0 Å². The van der Waals surface area contributed by atoms with Crippen molar-refractivity contribution in [2.75, 3.05) is 13.2 Å². The van der Waals surface area contributed by atoms with E-state index in [4.69, 9.17) is 22.1 Å². The van der Waals surface area contributed by atoms with E-state index < -0.39 is 12.1 Å². The van der Waals surface area contributed by atoms with Gasteiger partial charge in [0.2, 0.25) is 0 Å². The quantitative estimate of drug-likeness (QED) is 0.835. The van der Waals surface area contributed by atoms with Gasteiger partial charge in [0.15, 0.2) is 11.5 Å². The number of ether oxygens (including phenoxy) is 2. The van der Waals surface area contributed by atoms with E-state index in [9.17, 15) is 13.2 Å². The van der Waals surface area contributed by atoms with Crippen LogP contribution in [0.5, 0.6) is 11.5 Å². The van der Waals surface area contributed by atoms with Gasteiger partial charge in [0.05, 0.1) is 0 Å². The third kappa shape index (κ3) is 5.49. The summed E-state index contributed by atoms with van der Waals surface area (Å²) >= 11 is 6.06. The van der Waals surface area contributed by atoms with Crippen molar-refractivity contribution in [3.8, 4) is 22.6 Å². The average Bonchev–Trinajstić information content (AvgIpc) is 2.45. The lowest BCUT2D eigenvalue weighted by Gasteiger charge is -2.15. The molecule has 3 nitrogen and oxygen atoms in total. The van der Waals surface area contributed by atoms with E-state index >= 15 is 0 Å². The molecule has 2 aromatic rings. The Balaban J connectivity index is 0.00000264. The molecule has 126 valence electrons. The molecule has 8 heteroatoms. The van der Waals surface area contributed by atoms with E-state index in [1.807, 2.05) is 0 Å². The number of benzene rings is 2. The highest BCUT2D eigenvalue weighted by atomic mass is 35.5. The summed E-state index contributed by atoms with van der Waals surface area (Å²) in [5, 5.41) is 0.427. The number of nitrogens with two attached hydrogens (primary N) is 1. The minimum Gasteiger partial charge on any atom is -0.488 e. The summed E-state index contributed by atoms with van der Waals surface area (Å²) in [4.78, 5) is 0. The Morgan fingerprint density at radius 1 is 1.04 bits per heavy atom. The van der Waals surface area contributed by atoms with Gasteiger partial charge in [-0.1, -0.05) is 35.9 Å². The molecule has 0 heterocycles. The summed E-state index contributed by atoms with van der Waals surface area (Å²) in [6.07, 6.45) is -4.82. The molecule has 2 aromatic carbocycles. The minimum atomic E-state index is -4.82. The summed E-state index contributed by atoms with van der Waals surface area (Å²) in [5.41, 5.74) is 6.38. The molecule has 0 atom stereocenters. The zero-order valence-corrected chi connectivity index (χ0v) is 13.3. The first-order valence-electron chi connectivity index (χ1n) is 6.38. The van der Waals surface area contributed by atoms with Gasteiger partial charge in [-0.25, -0.2) is 0 Å². The molecule has 23 heavy (non-hydrogen) atoms. The molecule has 0 aliphatic rings. The predicted molar refractivity (Wildman–Crippen MR) is 85.4 cm³/mol. The van der Waals surface area contributed by atoms with Crippen LogP contribution in [0.15, 0.2) is 42.5 Å². The van der Waals surface area contributed by atoms with Gasteiger partial charge >= 0.3 is 6.36 Å². The van der Waals surface area contributed by atoms with Crippen LogP contribution in [0.25, 0.3) is 11.1 Å². The van der Waals surface area contributed by atoms with E-state index in [1.54, 1.807) is 30.3 Å². The minimum absolute atomic E-state index is 0. The molecule has 0 spiro atoms. The molecule has 0 aromatic heterocycles. The van der Waals surface area contributed by atoms with Crippen molar-refractivity contribution in [1.29, 1.82) is 0 Å². The number of hydrogen-bond acceptors (Lipinski definition) is 3. The van der Waals surface area contributed by atoms with E-state index in [-0.39, 0.29) is 31.3 Å². The molecule has 0 saturated heterocycles. The van der Waals surface area contributed by atoms with Gasteiger partial charge in [-0.15, -0.1) is 25.6 Å². The highest BCUT2D eigenvalue weighted by Crippen LogP contribution is 2.37. The monoisotopic (exact) mass is 367 g/mol. The Bertz CT molecular complexity index is 651. The first kappa shape index (κ1) is 19.4. The summed E-state index contributed by atoms with van der Waals surface area (Å²) in [6.45, 7) is 0.261. The molecule has 0 aliphatic carbocycles. The van der Waals surface area contributed by atoms with Crippen LogP contribution in [0, 0.1) is 0 Å². The molecule has 0 unspecified atom stereocenters. The van der Waals surface area contributed by atoms with E-state index in [0.717, 1.165) is 0 Å². The highest BCUT2D eigenvalue weighted by molar-refractivity contribution is 6.33. The Morgan fingerprint density at radius 3 is 2.35 bits per heavy atom. The topological polar surface area (TPSA) is 44.5 Å². The molecule has 0 fully saturated rings. The van der Waals surface area contributed by atoms with Gasteiger partial charge in [-0.05, 0) is 23.8 Å². The fraction of sp³-hybridized carbons (Fsp3) is 0.200. The molecule has 2 N–H and O–H groups in total. The predicted octanol–water partition coefficient (Wildman–Crippen LogP) is 4.66. The Labute approximate surface area is 142 Å². The fourth-order valence-electron chi connectivity index (χ4n) is 1.86. The van der Waals surface area contributed by atoms with Gasteiger partial charge in [0.25, 0.3) is 0 Å². The number of rotatable bonds is 5. The summed E-state index contributed by atoms with van der Waals surface area (Å²) in [6, 6.07) is 11.1. The Morgan fingerprint density at radius 2 is 1.74 bits per heavy atom. The Hall–Kier alpha value is -1.63. The summed E-state index contributed by atoms with van der Waals surface area (Å²) in [7, 11) is 0. The van der Waals surface area contributed by atoms with Crippen LogP contribution in [-0.2, 0) is 0 Å². The smallest absolute Gasteiger partial charge is 0.488 e. The largest absolute Gasteiger partial charge is 0.573 e. The van der Waals surface area contributed by atoms with Gasteiger partial charge in [0.1, 0.15) is 6.61 Å². The lowest BCUT2D eigenvalue weighted by Crippen LogP contribution is -2.18. The second-order valence-corrected chi connectivity index (χ2v) is 4.73. The molecular weight excluding hydrogens is 354 g/mol. The molecule has 0 bridgehead atoms. The first-order chi connectivity index (χ1) is 10.4. The second kappa shape index (κ2) is 8.29. The van der Waals surface area contributed by atoms with Crippen molar-refractivity contribution >= 4 is 24.0 Å². The van der Waals surface area contributed by atoms with Gasteiger partial charge in [0, 0.05) is 17.1 Å². The van der Waals surface area contributed by atoms with Crippen molar-refractivity contribution in [2.45, 2.75) is 6.36 Å². The zero-order chi connectivity index (χ0) is 16.2. The van der Waals surface area contributed by atoms with Gasteiger partial charge < -0.3 is 15.2 Å². The van der Waals surface area contributed by atoms with Crippen LogP contribution in [-0.4, -0.2) is 19.5 Å². The van der Waals surface area contributed by atoms with Crippen molar-refractivity contribution in [3.63, 3.8) is 0 Å². The van der Waals surface area contributed by atoms with Crippen LogP contribution in [0.1, 0.15) is 0 Å². The zero-order valence-electron chi connectivity index (χ0n) is 11.8. The van der Waals surface area contributed by atoms with Crippen molar-refractivity contribution in [2.24, 2.45) is 5.73 Å². The Kier molecular flexibility index (Phi) is 7.00. The van der Waals surface area contributed by atoms with Crippen LogP contribution >= 0.6 is 24.0 Å². The van der Waals surface area contributed by atoms with E-state index in [2.05, 4.69) is 4.74 Å². The maximum absolute atomic E-state index is 12.5. The van der Waals surface area contributed by atoms with Gasteiger partial charge in [-0.2, -0.15) is 0 Å². The van der Waals surface area contributed by atoms with Crippen LogP contribution in [0.4, 0.5) is 13.2 Å². The van der Waals surface area contributed by atoms with E-state index in [0.29, 0.717) is 16.1 Å². The first-order valence-corrected chi connectivity index (χ1v) is 6.76. The third-order valence-corrected chi connectivity index (χ3v) is 3.06. The third-order valence-electron chi connectivity index (χ3n) is 2.73. The summed E-state index contributed by atoms with van der Waals surface area (Å²) < 4.78 is 46.8. The molecular formula is C15H14Cl2F3NO2. The standard InChI is InChI=1S/C15H13ClF3NO2.ClH/c16-12-4-2-1-3-11(12)10-5-6-13(21-8-7-20)14(9-10)22-15(17,18)19;/h1-6,9H,7-8,20H2;1H. The maximum Gasteiger partial charge on any atom is 0.573 e. The number of halogens is 5.